The topological polar surface area (TPSA) is 155 Å². The molecule has 0 aliphatic heterocycles. The minimum absolute atomic E-state index is 0. The van der Waals surface area contributed by atoms with Crippen LogP contribution >= 0.6 is 12.4 Å². The van der Waals surface area contributed by atoms with Gasteiger partial charge in [0.05, 0.1) is 12.4 Å². The predicted octanol–water partition coefficient (Wildman–Crippen LogP) is -1.04. The van der Waals surface area contributed by atoms with Crippen molar-refractivity contribution in [1.29, 1.82) is 0 Å². The molecule has 0 unspecified atom stereocenters. The fourth-order valence-electron chi connectivity index (χ4n) is 1.20. The number of aliphatic hydroxyl groups excluding tert-OH is 1. The van der Waals surface area contributed by atoms with Crippen LogP contribution in [-0.2, 0) is 10.0 Å². The number of halogens is 2. The van der Waals surface area contributed by atoms with E-state index >= 15 is 0 Å². The van der Waals surface area contributed by atoms with Gasteiger partial charge in [0, 0.05) is 17.8 Å². The van der Waals surface area contributed by atoms with Crippen molar-refractivity contribution in [3.05, 3.63) is 29.6 Å². The van der Waals surface area contributed by atoms with Crippen molar-refractivity contribution in [2.45, 2.75) is 6.10 Å². The Morgan fingerprint density at radius 3 is 2.37 bits per heavy atom. The molecule has 1 rings (SSSR count). The van der Waals surface area contributed by atoms with Gasteiger partial charge in [-0.15, -0.1) is 12.4 Å². The molecule has 19 heavy (non-hydrogen) atoms. The van der Waals surface area contributed by atoms with Crippen LogP contribution in [0.25, 0.3) is 0 Å². The summed E-state index contributed by atoms with van der Waals surface area (Å²) >= 11 is 0. The van der Waals surface area contributed by atoms with E-state index in [1.165, 1.54) is 12.1 Å². The van der Waals surface area contributed by atoms with Crippen LogP contribution in [-0.4, -0.2) is 37.3 Å². The Labute approximate surface area is 116 Å². The summed E-state index contributed by atoms with van der Waals surface area (Å²) in [6.45, 7) is -0.140. The number of benzene rings is 1. The second-order valence-electron chi connectivity index (χ2n) is 3.36. The number of anilines is 1. The highest BCUT2D eigenvalue weighted by Gasteiger charge is 2.13. The number of rotatable bonds is 4. The minimum atomic E-state index is -3.42. The van der Waals surface area contributed by atoms with E-state index in [0.717, 1.165) is 12.3 Å². The normalized spacial score (nSPS) is 11.4. The lowest BCUT2D eigenvalue weighted by Crippen LogP contribution is -2.14. The van der Waals surface area contributed by atoms with Crippen LogP contribution in [0.1, 0.15) is 11.7 Å². The van der Waals surface area contributed by atoms with Crippen molar-refractivity contribution in [2.75, 3.05) is 17.5 Å². The Kier molecular flexibility index (Phi) is 11.0. The Morgan fingerprint density at radius 1 is 1.42 bits per heavy atom. The lowest BCUT2D eigenvalue weighted by atomic mass is 10.1. The lowest BCUT2D eigenvalue weighted by molar-refractivity contribution is 0.182. The molecule has 0 saturated heterocycles. The molecular weight excluding hydrogens is 303 g/mol. The zero-order valence-corrected chi connectivity index (χ0v) is 11.7. The first-order chi connectivity index (χ1) is 7.33. The van der Waals surface area contributed by atoms with E-state index in [1.54, 1.807) is 0 Å². The number of hydrogen-bond acceptors (Lipinski definition) is 4. The van der Waals surface area contributed by atoms with Gasteiger partial charge in [-0.25, -0.2) is 12.8 Å². The third kappa shape index (κ3) is 7.25. The molecule has 0 aromatic heterocycles. The number of nitrogens with one attached hydrogen (secondary N) is 1. The quantitative estimate of drug-likeness (QED) is 0.647. The summed E-state index contributed by atoms with van der Waals surface area (Å²) in [5, 5.41) is 9.39. The summed E-state index contributed by atoms with van der Waals surface area (Å²) in [5.74, 6) is -0.628. The van der Waals surface area contributed by atoms with Crippen LogP contribution in [0.15, 0.2) is 18.2 Å². The summed E-state index contributed by atoms with van der Waals surface area (Å²) in [5.41, 5.74) is 5.35. The second-order valence-corrected chi connectivity index (χ2v) is 5.11. The van der Waals surface area contributed by atoms with Gasteiger partial charge in [0.2, 0.25) is 10.0 Å². The molecule has 1 atom stereocenters. The fourth-order valence-corrected chi connectivity index (χ4v) is 1.76. The molecule has 10 heteroatoms. The third-order valence-corrected chi connectivity index (χ3v) is 2.49. The van der Waals surface area contributed by atoms with E-state index < -0.39 is 21.9 Å². The summed E-state index contributed by atoms with van der Waals surface area (Å²) in [6.07, 6.45) is -0.170. The van der Waals surface area contributed by atoms with Crippen molar-refractivity contribution in [1.82, 2.24) is 0 Å². The smallest absolute Gasteiger partial charge is 0.229 e. The SMILES string of the molecule is CS(=O)(=O)Nc1ccc(F)c([C@H](O)CN)c1.Cl.O.O. The second kappa shape index (κ2) is 9.02. The Bertz CT molecular complexity index is 485. The number of nitrogens with two attached hydrogens (primary N) is 1. The molecule has 0 radical (unpaired) electrons. The summed E-state index contributed by atoms with van der Waals surface area (Å²) < 4.78 is 37.3. The molecule has 1 aromatic carbocycles. The van der Waals surface area contributed by atoms with Crippen molar-refractivity contribution < 1.29 is 28.9 Å². The molecule has 7 nitrogen and oxygen atoms in total. The fraction of sp³-hybridized carbons (Fsp3) is 0.333. The molecule has 8 N–H and O–H groups in total. The van der Waals surface area contributed by atoms with Crippen LogP contribution in [0, 0.1) is 5.82 Å². The van der Waals surface area contributed by atoms with Crippen molar-refractivity contribution in [2.24, 2.45) is 5.73 Å². The average Bonchev–Trinajstić information content (AvgIpc) is 2.18. The van der Waals surface area contributed by atoms with Gasteiger partial charge in [0.1, 0.15) is 5.82 Å². The van der Waals surface area contributed by atoms with Crippen LogP contribution in [0.5, 0.6) is 0 Å². The largest absolute Gasteiger partial charge is 0.412 e. The van der Waals surface area contributed by atoms with E-state index in [4.69, 9.17) is 5.73 Å². The summed E-state index contributed by atoms with van der Waals surface area (Å²) in [7, 11) is -3.42. The van der Waals surface area contributed by atoms with E-state index in [0.29, 0.717) is 0 Å². The maximum atomic E-state index is 13.2. The molecule has 1 aromatic rings. The summed E-state index contributed by atoms with van der Waals surface area (Å²) in [6, 6.07) is 3.55. The monoisotopic (exact) mass is 320 g/mol. The third-order valence-electron chi connectivity index (χ3n) is 1.88. The highest BCUT2D eigenvalue weighted by atomic mass is 35.5. The Hall–Kier alpha value is -0.970. The molecule has 0 aliphatic rings. The zero-order valence-electron chi connectivity index (χ0n) is 10.1. The van der Waals surface area contributed by atoms with Gasteiger partial charge >= 0.3 is 0 Å². The van der Waals surface area contributed by atoms with Gasteiger partial charge in [-0.1, -0.05) is 0 Å². The van der Waals surface area contributed by atoms with Crippen LogP contribution in [0.2, 0.25) is 0 Å². The van der Waals surface area contributed by atoms with Gasteiger partial charge < -0.3 is 21.8 Å². The molecule has 0 bridgehead atoms. The predicted molar refractivity (Wildman–Crippen MR) is 73.4 cm³/mol. The highest BCUT2D eigenvalue weighted by Crippen LogP contribution is 2.21. The standard InChI is InChI=1S/C9H13FN2O3S.ClH.2H2O/c1-16(14,15)12-6-2-3-8(10)7(4-6)9(13)5-11;;;/h2-4,9,12-13H,5,11H2,1H3;1H;2*1H2/t9-;;;/m1.../s1. The van der Waals surface area contributed by atoms with Gasteiger partial charge in [0.15, 0.2) is 0 Å². The Balaban J connectivity index is -0.000000853. The van der Waals surface area contributed by atoms with Crippen molar-refractivity contribution >= 4 is 28.1 Å². The van der Waals surface area contributed by atoms with E-state index in [2.05, 4.69) is 4.72 Å². The van der Waals surface area contributed by atoms with Gasteiger partial charge in [0.25, 0.3) is 0 Å². The molecule has 0 aliphatic carbocycles. The van der Waals surface area contributed by atoms with Crippen molar-refractivity contribution in [3.63, 3.8) is 0 Å². The first-order valence-electron chi connectivity index (χ1n) is 4.49. The maximum absolute atomic E-state index is 13.2. The maximum Gasteiger partial charge on any atom is 0.229 e. The molecule has 0 spiro atoms. The van der Waals surface area contributed by atoms with Gasteiger partial charge in [-0.05, 0) is 18.2 Å². The van der Waals surface area contributed by atoms with E-state index in [1.807, 2.05) is 0 Å². The first kappa shape index (κ1) is 23.1. The van der Waals surface area contributed by atoms with Crippen LogP contribution in [0.3, 0.4) is 0 Å². The number of hydrogen-bond donors (Lipinski definition) is 3. The van der Waals surface area contributed by atoms with Gasteiger partial charge in [-0.3, -0.25) is 4.72 Å². The van der Waals surface area contributed by atoms with E-state index in [9.17, 15) is 17.9 Å². The molecular formula is C9H18ClFN2O5S. The van der Waals surface area contributed by atoms with Crippen LogP contribution in [0.4, 0.5) is 10.1 Å². The first-order valence-corrected chi connectivity index (χ1v) is 6.38. The zero-order chi connectivity index (χ0) is 12.3. The average molecular weight is 321 g/mol. The molecule has 0 fully saturated rings. The van der Waals surface area contributed by atoms with Gasteiger partial charge in [-0.2, -0.15) is 0 Å². The molecule has 0 heterocycles. The van der Waals surface area contributed by atoms with Crippen LogP contribution < -0.4 is 10.5 Å². The lowest BCUT2D eigenvalue weighted by Gasteiger charge is -2.11. The van der Waals surface area contributed by atoms with Crippen molar-refractivity contribution in [3.8, 4) is 0 Å². The highest BCUT2D eigenvalue weighted by molar-refractivity contribution is 7.92. The molecule has 0 amide bonds. The number of sulfonamides is 1. The Morgan fingerprint density at radius 2 is 1.95 bits per heavy atom. The summed E-state index contributed by atoms with van der Waals surface area (Å²) in [4.78, 5) is 0. The minimum Gasteiger partial charge on any atom is -0.412 e. The number of aliphatic hydroxyl groups is 1. The van der Waals surface area contributed by atoms with E-state index in [-0.39, 0.29) is 41.2 Å². The molecule has 114 valence electrons. The molecule has 0 saturated carbocycles.